The first-order valence-electron chi connectivity index (χ1n) is 21.2. The maximum atomic E-state index is 4.33. The van der Waals surface area contributed by atoms with Crippen molar-refractivity contribution < 1.29 is 0 Å². The molecule has 0 fully saturated rings. The zero-order valence-corrected chi connectivity index (χ0v) is 40.0. The maximum Gasteiger partial charge on any atom is 0.0945 e. The van der Waals surface area contributed by atoms with E-state index in [9.17, 15) is 0 Å². The number of aryl methyl sites for hydroxylation is 1. The molecule has 1 aromatic rings. The SMILES string of the molecule is CC[Si](C)(C)CCCN(CCCN1C=NCC1)CCC[Si](C)(C)CC.CC[Si](C)(C)CCCN(CCCn1ccnc1)CCC[Si](C)(C)CC. The van der Waals surface area contributed by atoms with Crippen LogP contribution in [0.5, 0.6) is 0 Å². The molecule has 0 radical (unpaired) electrons. The van der Waals surface area contributed by atoms with Crippen molar-refractivity contribution in [3.05, 3.63) is 18.7 Å². The Morgan fingerprint density at radius 2 is 0.920 bits per heavy atom. The van der Waals surface area contributed by atoms with Gasteiger partial charge in [-0.15, -0.1) is 0 Å². The van der Waals surface area contributed by atoms with Crippen LogP contribution in [0.2, 0.25) is 101 Å². The molecule has 50 heavy (non-hydrogen) atoms. The number of hydrogen-bond acceptors (Lipinski definition) is 5. The molecule has 2 heterocycles. The van der Waals surface area contributed by atoms with Gasteiger partial charge in [0.05, 0.1) is 19.2 Å². The van der Waals surface area contributed by atoms with Gasteiger partial charge in [0, 0.05) is 64.3 Å². The van der Waals surface area contributed by atoms with Crippen LogP contribution in [0.15, 0.2) is 23.7 Å². The van der Waals surface area contributed by atoms with Crippen LogP contribution in [0.25, 0.3) is 0 Å². The molecule has 0 saturated carbocycles. The molecule has 0 bridgehead atoms. The lowest BCUT2D eigenvalue weighted by atomic mass is 10.3. The van der Waals surface area contributed by atoms with Crippen molar-refractivity contribution in [2.45, 2.75) is 173 Å². The minimum absolute atomic E-state index is 0.909. The van der Waals surface area contributed by atoms with E-state index in [0.29, 0.717) is 0 Å². The first-order chi connectivity index (χ1) is 23.6. The van der Waals surface area contributed by atoms with Gasteiger partial charge in [0.15, 0.2) is 0 Å². The highest BCUT2D eigenvalue weighted by molar-refractivity contribution is 6.78. The van der Waals surface area contributed by atoms with Crippen LogP contribution < -0.4 is 0 Å². The molecule has 1 aromatic heterocycles. The van der Waals surface area contributed by atoms with E-state index in [4.69, 9.17) is 0 Å². The van der Waals surface area contributed by atoms with Gasteiger partial charge < -0.3 is 19.3 Å². The fourth-order valence-electron chi connectivity index (χ4n) is 6.48. The fraction of sp³-hybridized carbons (Fsp3) is 0.900. The second-order valence-corrected chi connectivity index (χ2v) is 40.9. The first kappa shape index (κ1) is 47.5. The van der Waals surface area contributed by atoms with Crippen LogP contribution in [0.3, 0.4) is 0 Å². The third-order valence-corrected chi connectivity index (χ3v) is 26.8. The van der Waals surface area contributed by atoms with Crippen LogP contribution >= 0.6 is 0 Å². The average molecular weight is 766 g/mol. The van der Waals surface area contributed by atoms with Crippen molar-refractivity contribution in [3.63, 3.8) is 0 Å². The third kappa shape index (κ3) is 23.9. The summed E-state index contributed by atoms with van der Waals surface area (Å²) >= 11 is 0. The van der Waals surface area contributed by atoms with Gasteiger partial charge in [0.1, 0.15) is 0 Å². The Morgan fingerprint density at radius 3 is 1.24 bits per heavy atom. The standard InChI is InChI=1S/C20H45N3Si2.C20H43N3Si2/c2*1-7-24(3,4)18-10-15-22(16-11-19-25(5,6)8-2)13-9-14-23-17-12-21-20-23/h20H,7-19H2,1-6H3;12,17,20H,7-11,13-16,18-19H2,1-6H3. The lowest BCUT2D eigenvalue weighted by Crippen LogP contribution is -2.33. The van der Waals surface area contributed by atoms with Crippen molar-refractivity contribution >= 4 is 38.6 Å². The number of hydrogen-bond donors (Lipinski definition) is 0. The van der Waals surface area contributed by atoms with Crippen molar-refractivity contribution in [1.29, 1.82) is 0 Å². The van der Waals surface area contributed by atoms with Crippen molar-refractivity contribution in [3.8, 4) is 0 Å². The van der Waals surface area contributed by atoms with Gasteiger partial charge in [-0.25, -0.2) is 4.98 Å². The van der Waals surface area contributed by atoms with E-state index >= 15 is 0 Å². The molecule has 0 atom stereocenters. The van der Waals surface area contributed by atoms with Crippen LogP contribution in [0, 0.1) is 0 Å². The van der Waals surface area contributed by atoms with E-state index in [1.54, 1.807) is 0 Å². The molecular formula is C40H88N6Si4. The number of imidazole rings is 1. The van der Waals surface area contributed by atoms with Crippen molar-refractivity contribution in [2.75, 3.05) is 58.9 Å². The minimum atomic E-state index is -0.918. The predicted octanol–water partition coefficient (Wildman–Crippen LogP) is 11.1. The molecule has 6 nitrogen and oxygen atoms in total. The van der Waals surface area contributed by atoms with E-state index < -0.39 is 32.3 Å². The summed E-state index contributed by atoms with van der Waals surface area (Å²) in [5.74, 6) is 0. The Labute approximate surface area is 317 Å². The van der Waals surface area contributed by atoms with Crippen LogP contribution in [-0.4, -0.2) is 122 Å². The van der Waals surface area contributed by atoms with E-state index in [0.717, 1.165) is 19.6 Å². The molecule has 0 aliphatic carbocycles. The molecule has 0 saturated heterocycles. The van der Waals surface area contributed by atoms with Crippen LogP contribution in [0.1, 0.15) is 66.2 Å². The summed E-state index contributed by atoms with van der Waals surface area (Å²) in [5.41, 5.74) is 0. The van der Waals surface area contributed by atoms with E-state index in [1.165, 1.54) is 133 Å². The van der Waals surface area contributed by atoms with E-state index in [-0.39, 0.29) is 0 Å². The zero-order chi connectivity index (χ0) is 37.5. The summed E-state index contributed by atoms with van der Waals surface area (Å²) < 4.78 is 2.21. The highest BCUT2D eigenvalue weighted by Crippen LogP contribution is 2.21. The van der Waals surface area contributed by atoms with Crippen molar-refractivity contribution in [2.24, 2.45) is 4.99 Å². The molecule has 0 unspecified atom stereocenters. The Balaban J connectivity index is 0.000000500. The fourth-order valence-corrected chi connectivity index (χ4v) is 12.4. The molecule has 294 valence electrons. The van der Waals surface area contributed by atoms with Gasteiger partial charge in [-0.2, -0.15) is 0 Å². The molecule has 0 spiro atoms. The first-order valence-corrected chi connectivity index (χ1v) is 34.9. The minimum Gasteiger partial charge on any atom is -0.361 e. The Kier molecular flexibility index (Phi) is 24.2. The molecule has 1 aliphatic rings. The predicted molar refractivity (Wildman–Crippen MR) is 239 cm³/mol. The summed E-state index contributed by atoms with van der Waals surface area (Å²) in [5, 5.41) is 0. The normalized spacial score (nSPS) is 14.2. The number of aromatic nitrogens is 2. The second-order valence-electron chi connectivity index (χ2n) is 18.7. The molecule has 10 heteroatoms. The monoisotopic (exact) mass is 765 g/mol. The highest BCUT2D eigenvalue weighted by atomic mass is 28.3. The molecule has 0 N–H and O–H groups in total. The van der Waals surface area contributed by atoms with Gasteiger partial charge in [0.2, 0.25) is 0 Å². The van der Waals surface area contributed by atoms with Crippen LogP contribution in [0.4, 0.5) is 0 Å². The molecule has 1 aliphatic heterocycles. The smallest absolute Gasteiger partial charge is 0.0945 e. The lowest BCUT2D eigenvalue weighted by Gasteiger charge is -2.27. The quantitative estimate of drug-likeness (QED) is 0.0797. The third-order valence-electron chi connectivity index (χ3n) is 12.3. The van der Waals surface area contributed by atoms with Gasteiger partial charge in [0.25, 0.3) is 0 Å². The summed E-state index contributed by atoms with van der Waals surface area (Å²) in [6, 6.07) is 11.7. The molecule has 2 rings (SSSR count). The Bertz CT molecular complexity index is 938. The number of rotatable bonds is 28. The van der Waals surface area contributed by atoms with Crippen LogP contribution in [-0.2, 0) is 6.54 Å². The summed E-state index contributed by atoms with van der Waals surface area (Å²) in [4.78, 5) is 16.4. The molecule has 0 aromatic carbocycles. The summed E-state index contributed by atoms with van der Waals surface area (Å²) in [7, 11) is -3.65. The van der Waals surface area contributed by atoms with E-state index in [2.05, 4.69) is 122 Å². The maximum absolute atomic E-state index is 4.33. The molecule has 0 amide bonds. The number of aliphatic imine (C=N–C) groups is 1. The van der Waals surface area contributed by atoms with Gasteiger partial charge in [-0.3, -0.25) is 4.99 Å². The Morgan fingerprint density at radius 1 is 0.540 bits per heavy atom. The second kappa shape index (κ2) is 25.5. The topological polar surface area (TPSA) is 39.9 Å². The number of nitrogens with zero attached hydrogens (tertiary/aromatic N) is 6. The Hall–Kier alpha value is -0.532. The van der Waals surface area contributed by atoms with E-state index in [1.807, 2.05) is 12.5 Å². The average Bonchev–Trinajstić information content (AvgIpc) is 3.79. The molecular weight excluding hydrogens is 677 g/mol. The van der Waals surface area contributed by atoms with Crippen molar-refractivity contribution in [1.82, 2.24) is 24.3 Å². The summed E-state index contributed by atoms with van der Waals surface area (Å²) in [6.07, 6.45) is 16.1. The van der Waals surface area contributed by atoms with Gasteiger partial charge in [-0.1, -0.05) is 128 Å². The lowest BCUT2D eigenvalue weighted by molar-refractivity contribution is 0.260. The largest absolute Gasteiger partial charge is 0.361 e. The zero-order valence-electron chi connectivity index (χ0n) is 36.0. The highest BCUT2D eigenvalue weighted by Gasteiger charge is 2.21. The van der Waals surface area contributed by atoms with Gasteiger partial charge in [-0.05, 0) is 77.8 Å². The summed E-state index contributed by atoms with van der Waals surface area (Å²) in [6.45, 7) is 42.1. The van der Waals surface area contributed by atoms with Gasteiger partial charge >= 0.3 is 0 Å².